The number of methoxy groups -OCH3 is 1. The fourth-order valence-electron chi connectivity index (χ4n) is 7.05. The molecular formula is C38H46N6O11S. The van der Waals surface area contributed by atoms with Gasteiger partial charge in [-0.2, -0.15) is 0 Å². The highest BCUT2D eigenvalue weighted by Gasteiger charge is 2.62. The van der Waals surface area contributed by atoms with Crippen LogP contribution in [0, 0.1) is 5.92 Å². The van der Waals surface area contributed by atoms with Gasteiger partial charge < -0.3 is 38.9 Å². The number of hydrogen-bond donors (Lipinski definition) is 3. The summed E-state index contributed by atoms with van der Waals surface area (Å²) >= 11 is 0. The molecule has 4 amide bonds. The average molecular weight is 795 g/mol. The first-order chi connectivity index (χ1) is 26.7. The van der Waals surface area contributed by atoms with E-state index in [1.54, 1.807) is 64.3 Å². The lowest BCUT2D eigenvalue weighted by Crippen LogP contribution is -2.58. The maximum Gasteiger partial charge on any atom is 0.408 e. The molecule has 2 saturated carbocycles. The van der Waals surface area contributed by atoms with Gasteiger partial charge >= 0.3 is 6.09 Å². The van der Waals surface area contributed by atoms with Crippen LogP contribution in [0.4, 0.5) is 4.79 Å². The number of rotatable bonds is 8. The molecule has 3 N–H and O–H groups in total. The van der Waals surface area contributed by atoms with Crippen molar-refractivity contribution in [1.82, 2.24) is 30.2 Å². The summed E-state index contributed by atoms with van der Waals surface area (Å²) in [7, 11) is -2.39. The van der Waals surface area contributed by atoms with Crippen molar-refractivity contribution < 1.29 is 51.0 Å². The average Bonchev–Trinajstić information content (AvgIpc) is 4.00. The number of benzene rings is 1. The van der Waals surface area contributed by atoms with Crippen LogP contribution in [-0.4, -0.2) is 109 Å². The normalized spacial score (nSPS) is 25.9. The van der Waals surface area contributed by atoms with Gasteiger partial charge in [-0.25, -0.2) is 23.2 Å². The highest BCUT2D eigenvalue weighted by molar-refractivity contribution is 7.91. The Hall–Kier alpha value is -5.23. The Morgan fingerprint density at radius 1 is 1.12 bits per heavy atom. The third-order valence-corrected chi connectivity index (χ3v) is 11.9. The standard InChI is InChI=1S/C38H46N6O11S/c1-37(2,3)55-36(48)41-28-8-6-15-52-14-5-7-23-20-38(23,35(47)43-56(49,50)26-10-11-26)42-31(45)30-19-25(21-44(30)34(28)46)54-32-27-12-9-24(51-4)17-22(27)18-29(40-32)33-39-13-16-53-33/h5,7,9,12-13,16-18,23,25-26,28,30H,6,8,10-11,14-15,19-21H2,1-4H3,(H,41,48)(H,42,45)(H,43,47)/t23-,25?,28+,30+,38-/m1/s1. The molecule has 0 spiro atoms. The van der Waals surface area contributed by atoms with Crippen LogP contribution in [0.5, 0.6) is 11.6 Å². The number of carbonyl (C=O) groups excluding carboxylic acids is 4. The Labute approximate surface area is 323 Å². The largest absolute Gasteiger partial charge is 0.497 e. The third kappa shape index (κ3) is 8.60. The summed E-state index contributed by atoms with van der Waals surface area (Å²) in [5, 5.41) is 6.18. The van der Waals surface area contributed by atoms with E-state index in [1.807, 2.05) is 0 Å². The van der Waals surface area contributed by atoms with E-state index in [1.165, 1.54) is 17.4 Å². The number of nitrogens with zero attached hydrogens (tertiary/aromatic N) is 3. The second-order valence-electron chi connectivity index (χ2n) is 15.5. The zero-order chi connectivity index (χ0) is 39.8. The van der Waals surface area contributed by atoms with E-state index in [0.717, 1.165) is 0 Å². The van der Waals surface area contributed by atoms with Gasteiger partial charge in [0.15, 0.2) is 0 Å². The lowest BCUT2D eigenvalue weighted by Gasteiger charge is -2.30. The van der Waals surface area contributed by atoms with E-state index >= 15 is 0 Å². The van der Waals surface area contributed by atoms with E-state index in [4.69, 9.17) is 28.3 Å². The molecule has 18 heteroatoms. The van der Waals surface area contributed by atoms with Crippen molar-refractivity contribution in [1.29, 1.82) is 0 Å². The monoisotopic (exact) mass is 794 g/mol. The summed E-state index contributed by atoms with van der Waals surface area (Å²) in [5.74, 6) is -1.61. The molecule has 2 aliphatic heterocycles. The van der Waals surface area contributed by atoms with E-state index in [9.17, 15) is 27.6 Å². The van der Waals surface area contributed by atoms with Crippen molar-refractivity contribution in [2.24, 2.45) is 5.92 Å². The van der Waals surface area contributed by atoms with Gasteiger partial charge in [0.05, 0.1) is 31.7 Å². The fraction of sp³-hybridized carbons (Fsp3) is 0.526. The fourth-order valence-corrected chi connectivity index (χ4v) is 8.41. The molecule has 4 aliphatic rings. The number of sulfonamides is 1. The zero-order valence-corrected chi connectivity index (χ0v) is 32.4. The van der Waals surface area contributed by atoms with Crippen LogP contribution in [-0.2, 0) is 33.9 Å². The molecular weight excluding hydrogens is 749 g/mol. The molecule has 56 heavy (non-hydrogen) atoms. The van der Waals surface area contributed by atoms with Crippen LogP contribution in [0.2, 0.25) is 0 Å². The van der Waals surface area contributed by atoms with Gasteiger partial charge in [-0.15, -0.1) is 0 Å². The summed E-state index contributed by atoms with van der Waals surface area (Å²) < 4.78 is 56.6. The molecule has 4 heterocycles. The van der Waals surface area contributed by atoms with Crippen molar-refractivity contribution in [3.8, 4) is 23.2 Å². The first-order valence-electron chi connectivity index (χ1n) is 18.6. The summed E-state index contributed by atoms with van der Waals surface area (Å²) in [4.78, 5) is 66.0. The Balaban J connectivity index is 1.22. The zero-order valence-electron chi connectivity index (χ0n) is 31.6. The third-order valence-electron chi connectivity index (χ3n) is 10.1. The van der Waals surface area contributed by atoms with Crippen LogP contribution < -0.4 is 24.8 Å². The predicted octanol–water partition coefficient (Wildman–Crippen LogP) is 2.99. The number of aromatic nitrogens is 2. The van der Waals surface area contributed by atoms with Gasteiger partial charge in [0, 0.05) is 24.3 Å². The molecule has 17 nitrogen and oxygen atoms in total. The summed E-state index contributed by atoms with van der Waals surface area (Å²) in [6.45, 7) is 5.44. The van der Waals surface area contributed by atoms with Crippen LogP contribution in [0.1, 0.15) is 59.3 Å². The first kappa shape index (κ1) is 39.0. The Morgan fingerprint density at radius 2 is 1.93 bits per heavy atom. The Kier molecular flexibility index (Phi) is 10.7. The lowest BCUT2D eigenvalue weighted by atomic mass is 10.1. The van der Waals surface area contributed by atoms with E-state index in [2.05, 4.69) is 20.3 Å². The van der Waals surface area contributed by atoms with Gasteiger partial charge in [-0.1, -0.05) is 12.2 Å². The molecule has 5 atom stereocenters. The van der Waals surface area contributed by atoms with Gasteiger partial charge in [0.2, 0.25) is 33.6 Å². The van der Waals surface area contributed by atoms with Crippen LogP contribution >= 0.6 is 0 Å². The topological polar surface area (TPSA) is 218 Å². The number of alkyl carbamates (subject to hydrolysis) is 1. The molecule has 1 unspecified atom stereocenters. The van der Waals surface area contributed by atoms with Gasteiger partial charge in [-0.05, 0) is 82.5 Å². The van der Waals surface area contributed by atoms with Crippen molar-refractivity contribution in [2.75, 3.05) is 26.9 Å². The Bertz CT molecular complexity index is 2130. The molecule has 0 bridgehead atoms. The van der Waals surface area contributed by atoms with Crippen molar-refractivity contribution in [3.05, 3.63) is 48.9 Å². The lowest BCUT2D eigenvalue weighted by molar-refractivity contribution is -0.141. The van der Waals surface area contributed by atoms with Crippen LogP contribution in [0.3, 0.4) is 0 Å². The number of amides is 4. The minimum Gasteiger partial charge on any atom is -0.497 e. The van der Waals surface area contributed by atoms with Crippen molar-refractivity contribution in [2.45, 2.75) is 93.9 Å². The van der Waals surface area contributed by atoms with Crippen molar-refractivity contribution >= 4 is 44.6 Å². The maximum absolute atomic E-state index is 14.5. The minimum absolute atomic E-state index is 0.0268. The SMILES string of the molecule is COc1ccc2c(OC3C[C@H]4C(=O)N[C@]5(C(=O)NS(=O)(=O)C6CC6)C[C@H]5C=CCOCCC[C@H](NC(=O)OC(C)(C)C)C(=O)N4C3)nc(-c3ncco3)cc2c1. The van der Waals surface area contributed by atoms with Crippen molar-refractivity contribution in [3.63, 3.8) is 0 Å². The predicted molar refractivity (Wildman–Crippen MR) is 200 cm³/mol. The highest BCUT2D eigenvalue weighted by atomic mass is 32.2. The molecule has 1 aromatic carbocycles. The number of carbonyl (C=O) groups is 4. The minimum atomic E-state index is -3.94. The van der Waals surface area contributed by atoms with Gasteiger partial charge in [0.1, 0.15) is 47.0 Å². The first-order valence-corrected chi connectivity index (χ1v) is 20.2. The second kappa shape index (κ2) is 15.4. The molecule has 2 aromatic heterocycles. The summed E-state index contributed by atoms with van der Waals surface area (Å²) in [6.07, 6.45) is 6.29. The van der Waals surface area contributed by atoms with E-state index in [0.29, 0.717) is 41.5 Å². The van der Waals surface area contributed by atoms with Crippen LogP contribution in [0.25, 0.3) is 22.4 Å². The molecule has 1 saturated heterocycles. The highest BCUT2D eigenvalue weighted by Crippen LogP contribution is 2.46. The van der Waals surface area contributed by atoms with E-state index in [-0.39, 0.29) is 50.8 Å². The van der Waals surface area contributed by atoms with Gasteiger partial charge in [0.25, 0.3) is 5.91 Å². The second-order valence-corrected chi connectivity index (χ2v) is 17.5. The quantitative estimate of drug-likeness (QED) is 0.280. The molecule has 3 fully saturated rings. The number of fused-ring (bicyclic) bond motifs is 3. The summed E-state index contributed by atoms with van der Waals surface area (Å²) in [5.41, 5.74) is -2.06. The molecule has 300 valence electrons. The van der Waals surface area contributed by atoms with E-state index < -0.39 is 74.3 Å². The number of hydrogen-bond acceptors (Lipinski definition) is 13. The van der Waals surface area contributed by atoms with Crippen LogP contribution in [0.15, 0.2) is 53.3 Å². The molecule has 3 aromatic rings. The molecule has 2 aliphatic carbocycles. The molecule has 0 radical (unpaired) electrons. The number of oxazole rings is 1. The number of ether oxygens (including phenoxy) is 4. The number of pyridine rings is 1. The smallest absolute Gasteiger partial charge is 0.408 e. The van der Waals surface area contributed by atoms with Gasteiger partial charge in [-0.3, -0.25) is 19.1 Å². The maximum atomic E-state index is 14.5. The Morgan fingerprint density at radius 3 is 2.64 bits per heavy atom. The summed E-state index contributed by atoms with van der Waals surface area (Å²) in [6, 6.07) is 4.81. The molecule has 7 rings (SSSR count). The number of nitrogens with one attached hydrogen (secondary N) is 3.